The van der Waals surface area contributed by atoms with Gasteiger partial charge in [0.25, 0.3) is 0 Å². The first-order valence-corrected chi connectivity index (χ1v) is 5.94. The molecule has 0 N–H and O–H groups in total. The lowest BCUT2D eigenvalue weighted by molar-refractivity contribution is -0.192. The largest absolute Gasteiger partial charge is 0.482 e. The molecule has 0 radical (unpaired) electrons. The molecule has 1 aromatic carbocycles. The molecule has 0 spiro atoms. The highest BCUT2D eigenvalue weighted by atomic mass is 19.3. The Labute approximate surface area is 109 Å². The lowest BCUT2D eigenvalue weighted by atomic mass is 10.1. The number of alkyl halides is 2. The summed E-state index contributed by atoms with van der Waals surface area (Å²) >= 11 is 0. The Morgan fingerprint density at radius 1 is 1.42 bits per heavy atom. The van der Waals surface area contributed by atoms with Gasteiger partial charge in [-0.25, -0.2) is 0 Å². The minimum atomic E-state index is -3.81. The number of hydrogen-bond donors (Lipinski definition) is 0. The lowest BCUT2D eigenvalue weighted by Crippen LogP contribution is -2.51. The third-order valence-electron chi connectivity index (χ3n) is 2.87. The fourth-order valence-corrected chi connectivity index (χ4v) is 1.96. The second kappa shape index (κ2) is 5.13. The quantitative estimate of drug-likeness (QED) is 0.789. The molecule has 1 aliphatic rings. The summed E-state index contributed by atoms with van der Waals surface area (Å²) in [5, 5.41) is 0. The Morgan fingerprint density at radius 3 is 2.84 bits per heavy atom. The fourth-order valence-electron chi connectivity index (χ4n) is 1.96. The van der Waals surface area contributed by atoms with Gasteiger partial charge in [0.1, 0.15) is 0 Å². The molecule has 4 nitrogen and oxygen atoms in total. The van der Waals surface area contributed by atoms with Crippen molar-refractivity contribution < 1.29 is 23.0 Å². The maximum Gasteiger partial charge on any atom is 0.482 e. The van der Waals surface area contributed by atoms with Crippen LogP contribution in [0, 0.1) is 6.92 Å². The summed E-state index contributed by atoms with van der Waals surface area (Å²) in [5.41, 5.74) is 1.25. The Bertz CT molecular complexity index is 491. The monoisotopic (exact) mass is 271 g/mol. The third-order valence-corrected chi connectivity index (χ3v) is 2.87. The average Bonchev–Trinajstić information content (AvgIpc) is 2.35. The molecule has 1 aliphatic heterocycles. The number of benzene rings is 1. The number of fused-ring (bicyclic) bond motifs is 1. The zero-order chi connectivity index (χ0) is 14.0. The minimum Gasteiger partial charge on any atom is -0.423 e. The van der Waals surface area contributed by atoms with Crippen LogP contribution in [-0.4, -0.2) is 32.3 Å². The van der Waals surface area contributed by atoms with Crippen LogP contribution in [0.1, 0.15) is 12.0 Å². The van der Waals surface area contributed by atoms with Gasteiger partial charge >= 0.3 is 12.0 Å². The van der Waals surface area contributed by atoms with Gasteiger partial charge in [-0.2, -0.15) is 8.78 Å². The summed E-state index contributed by atoms with van der Waals surface area (Å²) in [5.74, 6) is -1.31. The van der Waals surface area contributed by atoms with Crippen molar-refractivity contribution in [3.8, 4) is 5.75 Å². The molecule has 0 bridgehead atoms. The molecule has 0 unspecified atom stereocenters. The second-order valence-corrected chi connectivity index (χ2v) is 4.39. The van der Waals surface area contributed by atoms with Crippen LogP contribution < -0.4 is 9.64 Å². The number of rotatable bonds is 4. The molecule has 104 valence electrons. The third kappa shape index (κ3) is 2.68. The predicted molar refractivity (Wildman–Crippen MR) is 65.6 cm³/mol. The zero-order valence-electron chi connectivity index (χ0n) is 10.8. The van der Waals surface area contributed by atoms with Crippen molar-refractivity contribution >= 4 is 11.6 Å². The number of anilines is 1. The van der Waals surface area contributed by atoms with Crippen molar-refractivity contribution in [3.05, 3.63) is 23.8 Å². The van der Waals surface area contributed by atoms with E-state index < -0.39 is 12.0 Å². The van der Waals surface area contributed by atoms with E-state index in [0.29, 0.717) is 18.7 Å². The van der Waals surface area contributed by atoms with Crippen LogP contribution in [0.4, 0.5) is 14.5 Å². The van der Waals surface area contributed by atoms with Gasteiger partial charge < -0.3 is 14.4 Å². The number of amides is 1. The highest BCUT2D eigenvalue weighted by Crippen LogP contribution is 2.39. The van der Waals surface area contributed by atoms with Gasteiger partial charge in [-0.15, -0.1) is 0 Å². The van der Waals surface area contributed by atoms with E-state index in [1.165, 1.54) is 13.2 Å². The molecule has 0 aliphatic carbocycles. The Kier molecular flexibility index (Phi) is 3.71. The fraction of sp³-hybridized carbons (Fsp3) is 0.462. The van der Waals surface area contributed by atoms with Crippen molar-refractivity contribution in [2.75, 3.05) is 25.2 Å². The van der Waals surface area contributed by atoms with Crippen LogP contribution in [0.15, 0.2) is 18.2 Å². The van der Waals surface area contributed by atoms with Crippen molar-refractivity contribution in [2.45, 2.75) is 19.5 Å². The van der Waals surface area contributed by atoms with E-state index in [9.17, 15) is 13.6 Å². The summed E-state index contributed by atoms with van der Waals surface area (Å²) in [6.45, 7) is 2.39. The first-order valence-electron chi connectivity index (χ1n) is 5.94. The molecule has 2 rings (SSSR count). The molecule has 6 heteroatoms. The molecule has 0 aromatic heterocycles. The van der Waals surface area contributed by atoms with E-state index in [4.69, 9.17) is 4.74 Å². The van der Waals surface area contributed by atoms with E-state index in [1.54, 1.807) is 12.1 Å². The van der Waals surface area contributed by atoms with Crippen molar-refractivity contribution in [3.63, 3.8) is 0 Å². The van der Waals surface area contributed by atoms with E-state index in [2.05, 4.69) is 4.74 Å². The second-order valence-electron chi connectivity index (χ2n) is 4.39. The number of hydrogen-bond acceptors (Lipinski definition) is 3. The zero-order valence-corrected chi connectivity index (χ0v) is 10.8. The molecule has 0 saturated carbocycles. The highest BCUT2D eigenvalue weighted by Gasteiger charge is 2.50. The first-order chi connectivity index (χ1) is 8.95. The van der Waals surface area contributed by atoms with Gasteiger partial charge in [0.2, 0.25) is 0 Å². The van der Waals surface area contributed by atoms with E-state index >= 15 is 0 Å². The summed E-state index contributed by atoms with van der Waals surface area (Å²) in [4.78, 5) is 12.8. The van der Waals surface area contributed by atoms with Crippen LogP contribution in [0.3, 0.4) is 0 Å². The van der Waals surface area contributed by atoms with Crippen molar-refractivity contribution in [1.82, 2.24) is 0 Å². The average molecular weight is 271 g/mol. The minimum absolute atomic E-state index is 0.0209. The van der Waals surface area contributed by atoms with E-state index in [0.717, 1.165) is 10.5 Å². The number of nitrogens with zero attached hydrogens (tertiary/aromatic N) is 1. The SMILES string of the molecule is COCCCN1C(=O)C(F)(F)Oc2ccc(C)cc21. The summed E-state index contributed by atoms with van der Waals surface area (Å²) in [6, 6.07) is 4.78. The van der Waals surface area contributed by atoms with E-state index in [-0.39, 0.29) is 12.3 Å². The van der Waals surface area contributed by atoms with Crippen LogP contribution in [0.25, 0.3) is 0 Å². The first kappa shape index (κ1) is 13.7. The number of aryl methyl sites for hydroxylation is 1. The van der Waals surface area contributed by atoms with Crippen molar-refractivity contribution in [2.24, 2.45) is 0 Å². The normalized spacial score (nSPS) is 17.1. The molecule has 1 heterocycles. The topological polar surface area (TPSA) is 38.8 Å². The molecule has 0 saturated heterocycles. The molecule has 19 heavy (non-hydrogen) atoms. The smallest absolute Gasteiger partial charge is 0.423 e. The molecule has 0 atom stereocenters. The van der Waals surface area contributed by atoms with Gasteiger partial charge in [0.15, 0.2) is 5.75 Å². The van der Waals surface area contributed by atoms with Crippen LogP contribution >= 0.6 is 0 Å². The number of carbonyl (C=O) groups is 1. The number of ether oxygens (including phenoxy) is 2. The van der Waals surface area contributed by atoms with Gasteiger partial charge in [-0.3, -0.25) is 4.79 Å². The summed E-state index contributed by atoms with van der Waals surface area (Å²) < 4.78 is 36.3. The summed E-state index contributed by atoms with van der Waals surface area (Å²) in [7, 11) is 1.52. The molecule has 1 amide bonds. The Hall–Kier alpha value is -1.69. The lowest BCUT2D eigenvalue weighted by Gasteiger charge is -2.33. The van der Waals surface area contributed by atoms with Gasteiger partial charge in [0, 0.05) is 20.3 Å². The van der Waals surface area contributed by atoms with Crippen molar-refractivity contribution in [1.29, 1.82) is 0 Å². The summed E-state index contributed by atoms with van der Waals surface area (Å²) in [6.07, 6.45) is -3.33. The van der Waals surface area contributed by atoms with Crippen LogP contribution in [-0.2, 0) is 9.53 Å². The van der Waals surface area contributed by atoms with Gasteiger partial charge in [-0.05, 0) is 31.0 Å². The number of methoxy groups -OCH3 is 1. The maximum atomic E-state index is 13.5. The molecular formula is C13H15F2NO3. The highest BCUT2D eigenvalue weighted by molar-refractivity contribution is 6.00. The molecular weight excluding hydrogens is 256 g/mol. The van der Waals surface area contributed by atoms with E-state index in [1.807, 2.05) is 6.92 Å². The number of carbonyl (C=O) groups excluding carboxylic acids is 1. The standard InChI is InChI=1S/C13H15F2NO3/c1-9-4-5-11-10(8-9)16(6-3-7-18-2)12(17)13(14,15)19-11/h4-5,8H,3,6-7H2,1-2H3. The Morgan fingerprint density at radius 2 is 2.16 bits per heavy atom. The van der Waals surface area contributed by atoms with Crippen LogP contribution in [0.5, 0.6) is 5.75 Å². The van der Waals surface area contributed by atoms with Crippen LogP contribution in [0.2, 0.25) is 0 Å². The predicted octanol–water partition coefficient (Wildman–Crippen LogP) is 2.35. The van der Waals surface area contributed by atoms with Gasteiger partial charge in [0.05, 0.1) is 5.69 Å². The van der Waals surface area contributed by atoms with Gasteiger partial charge in [-0.1, -0.05) is 6.07 Å². The Balaban J connectivity index is 2.33. The molecule has 1 aromatic rings. The number of halogens is 2. The maximum absolute atomic E-state index is 13.5. The molecule has 0 fully saturated rings.